The van der Waals surface area contributed by atoms with Crippen LogP contribution in [0.3, 0.4) is 0 Å². The van der Waals surface area contributed by atoms with Crippen molar-refractivity contribution in [2.45, 2.75) is 13.3 Å². The van der Waals surface area contributed by atoms with E-state index in [1.165, 1.54) is 5.56 Å². The maximum Gasteiger partial charge on any atom is 0.0730 e. The Balaban J connectivity index is 2.45. The average Bonchev–Trinajstić information content (AvgIpc) is 2.67. The minimum absolute atomic E-state index is 0.610. The van der Waals surface area contributed by atoms with Crippen molar-refractivity contribution in [2.75, 3.05) is 6.54 Å². The third-order valence-corrected chi connectivity index (χ3v) is 2.36. The molecule has 0 bridgehead atoms. The molecule has 78 valence electrons. The largest absolute Gasteiger partial charge is 0.330 e. The Hall–Kier alpha value is -1.68. The van der Waals surface area contributed by atoms with Crippen LogP contribution in [0.2, 0.25) is 0 Å². The van der Waals surface area contributed by atoms with Crippen molar-refractivity contribution >= 4 is 0 Å². The number of rotatable bonds is 3. The van der Waals surface area contributed by atoms with Gasteiger partial charge in [-0.25, -0.2) is 4.68 Å². The Kier molecular flexibility index (Phi) is 2.78. The molecule has 0 amide bonds. The summed E-state index contributed by atoms with van der Waals surface area (Å²) in [6, 6.07) is 8.10. The van der Waals surface area contributed by atoms with Gasteiger partial charge in [0.15, 0.2) is 0 Å². The summed E-state index contributed by atoms with van der Waals surface area (Å²) in [5.74, 6) is 0. The molecule has 4 nitrogen and oxygen atoms in total. The zero-order valence-corrected chi connectivity index (χ0v) is 8.72. The molecule has 0 saturated heterocycles. The van der Waals surface area contributed by atoms with Gasteiger partial charge in [0.05, 0.1) is 17.6 Å². The van der Waals surface area contributed by atoms with Crippen LogP contribution < -0.4 is 5.73 Å². The third-order valence-electron chi connectivity index (χ3n) is 2.36. The molecule has 0 saturated carbocycles. The summed E-state index contributed by atoms with van der Waals surface area (Å²) in [6.45, 7) is 2.67. The minimum Gasteiger partial charge on any atom is -0.330 e. The van der Waals surface area contributed by atoms with Crippen molar-refractivity contribution in [3.63, 3.8) is 0 Å². The highest BCUT2D eigenvalue weighted by atomic mass is 15.4. The summed E-state index contributed by atoms with van der Waals surface area (Å²) in [6.07, 6.45) is 2.56. The Morgan fingerprint density at radius 1 is 1.33 bits per heavy atom. The highest BCUT2D eigenvalue weighted by molar-refractivity contribution is 5.40. The summed E-state index contributed by atoms with van der Waals surface area (Å²) >= 11 is 0. The van der Waals surface area contributed by atoms with Gasteiger partial charge in [0, 0.05) is 6.42 Å². The van der Waals surface area contributed by atoms with E-state index in [1.54, 1.807) is 6.20 Å². The van der Waals surface area contributed by atoms with Gasteiger partial charge < -0.3 is 5.73 Å². The molecule has 2 N–H and O–H groups in total. The van der Waals surface area contributed by atoms with Gasteiger partial charge in [-0.1, -0.05) is 23.4 Å². The molecule has 0 aliphatic rings. The fourth-order valence-corrected chi connectivity index (χ4v) is 1.58. The zero-order valence-electron chi connectivity index (χ0n) is 8.72. The van der Waals surface area contributed by atoms with E-state index >= 15 is 0 Å². The quantitative estimate of drug-likeness (QED) is 0.810. The van der Waals surface area contributed by atoms with Crippen LogP contribution in [0, 0.1) is 6.92 Å². The second kappa shape index (κ2) is 4.23. The number of nitrogens with two attached hydrogens (primary N) is 1. The molecule has 15 heavy (non-hydrogen) atoms. The number of hydrogen-bond acceptors (Lipinski definition) is 3. The normalized spacial score (nSPS) is 10.5. The minimum atomic E-state index is 0.610. The molecule has 0 radical (unpaired) electrons. The van der Waals surface area contributed by atoms with Crippen molar-refractivity contribution < 1.29 is 0 Å². The lowest BCUT2D eigenvalue weighted by molar-refractivity contribution is 0.751. The molecule has 0 spiro atoms. The van der Waals surface area contributed by atoms with Crippen LogP contribution >= 0.6 is 0 Å². The van der Waals surface area contributed by atoms with Crippen LogP contribution in [-0.4, -0.2) is 21.5 Å². The molecule has 2 rings (SSSR count). The van der Waals surface area contributed by atoms with Gasteiger partial charge in [-0.05, 0) is 25.1 Å². The van der Waals surface area contributed by atoms with Gasteiger partial charge in [-0.3, -0.25) is 0 Å². The van der Waals surface area contributed by atoms with E-state index in [2.05, 4.69) is 23.3 Å². The van der Waals surface area contributed by atoms with Gasteiger partial charge in [-0.2, -0.15) is 0 Å². The summed E-state index contributed by atoms with van der Waals surface area (Å²) in [5, 5.41) is 7.99. The van der Waals surface area contributed by atoms with Crippen LogP contribution in [0.15, 0.2) is 30.5 Å². The smallest absolute Gasteiger partial charge is 0.0730 e. The number of benzene rings is 1. The number of aromatic nitrogens is 3. The summed E-state index contributed by atoms with van der Waals surface area (Å²) in [5.41, 5.74) is 8.83. The summed E-state index contributed by atoms with van der Waals surface area (Å²) in [7, 11) is 0. The molecule has 2 aromatic rings. The van der Waals surface area contributed by atoms with Crippen LogP contribution in [0.4, 0.5) is 0 Å². The first kappa shape index (κ1) is 9.86. The van der Waals surface area contributed by atoms with Crippen molar-refractivity contribution in [3.8, 4) is 5.69 Å². The van der Waals surface area contributed by atoms with E-state index in [0.29, 0.717) is 6.54 Å². The number of hydrogen-bond donors (Lipinski definition) is 1. The second-order valence-corrected chi connectivity index (χ2v) is 3.46. The van der Waals surface area contributed by atoms with Crippen molar-refractivity contribution in [1.29, 1.82) is 0 Å². The van der Waals surface area contributed by atoms with Crippen LogP contribution in [-0.2, 0) is 6.42 Å². The Labute approximate surface area is 88.7 Å². The first-order valence-electron chi connectivity index (χ1n) is 4.98. The summed E-state index contributed by atoms with van der Waals surface area (Å²) < 4.78 is 1.85. The molecule has 4 heteroatoms. The van der Waals surface area contributed by atoms with Gasteiger partial charge >= 0.3 is 0 Å². The SMILES string of the molecule is Cc1ccccc1-n1nncc1CCN. The van der Waals surface area contributed by atoms with E-state index < -0.39 is 0 Å². The van der Waals surface area contributed by atoms with Crippen LogP contribution in [0.5, 0.6) is 0 Å². The predicted octanol–water partition coefficient (Wildman–Crippen LogP) is 1.08. The Bertz CT molecular complexity index is 447. The lowest BCUT2D eigenvalue weighted by Crippen LogP contribution is -2.09. The fraction of sp³-hybridized carbons (Fsp3) is 0.273. The van der Waals surface area contributed by atoms with Gasteiger partial charge in [0.2, 0.25) is 0 Å². The maximum atomic E-state index is 5.54. The molecule has 0 unspecified atom stereocenters. The summed E-state index contributed by atoms with van der Waals surface area (Å²) in [4.78, 5) is 0. The van der Waals surface area contributed by atoms with E-state index in [-0.39, 0.29) is 0 Å². The first-order chi connectivity index (χ1) is 7.33. The monoisotopic (exact) mass is 202 g/mol. The van der Waals surface area contributed by atoms with E-state index in [9.17, 15) is 0 Å². The molecule has 1 heterocycles. The molecule has 1 aromatic heterocycles. The molecule has 0 aliphatic heterocycles. The number of para-hydroxylation sites is 1. The predicted molar refractivity (Wildman–Crippen MR) is 58.9 cm³/mol. The lowest BCUT2D eigenvalue weighted by Gasteiger charge is -2.07. The molecule has 0 fully saturated rings. The van der Waals surface area contributed by atoms with Crippen LogP contribution in [0.1, 0.15) is 11.3 Å². The zero-order chi connectivity index (χ0) is 10.7. The van der Waals surface area contributed by atoms with E-state index in [1.807, 2.05) is 22.9 Å². The van der Waals surface area contributed by atoms with Crippen molar-refractivity contribution in [3.05, 3.63) is 41.7 Å². The second-order valence-electron chi connectivity index (χ2n) is 3.46. The van der Waals surface area contributed by atoms with Gasteiger partial charge in [0.25, 0.3) is 0 Å². The van der Waals surface area contributed by atoms with Gasteiger partial charge in [-0.15, -0.1) is 5.10 Å². The highest BCUT2D eigenvalue weighted by Gasteiger charge is 2.06. The molecular weight excluding hydrogens is 188 g/mol. The molecule has 0 aliphatic carbocycles. The Morgan fingerprint density at radius 3 is 2.87 bits per heavy atom. The fourth-order valence-electron chi connectivity index (χ4n) is 1.58. The van der Waals surface area contributed by atoms with Gasteiger partial charge in [0.1, 0.15) is 0 Å². The molecular formula is C11H14N4. The molecule has 0 atom stereocenters. The van der Waals surface area contributed by atoms with Crippen molar-refractivity contribution in [1.82, 2.24) is 15.0 Å². The van der Waals surface area contributed by atoms with Crippen LogP contribution in [0.25, 0.3) is 5.69 Å². The number of aryl methyl sites for hydroxylation is 1. The third kappa shape index (κ3) is 1.89. The first-order valence-corrected chi connectivity index (χ1v) is 4.98. The van der Waals surface area contributed by atoms with E-state index in [0.717, 1.165) is 17.8 Å². The van der Waals surface area contributed by atoms with Crippen molar-refractivity contribution in [2.24, 2.45) is 5.73 Å². The maximum absolute atomic E-state index is 5.54. The topological polar surface area (TPSA) is 56.7 Å². The molecule has 1 aromatic carbocycles. The van der Waals surface area contributed by atoms with E-state index in [4.69, 9.17) is 5.73 Å². The lowest BCUT2D eigenvalue weighted by atomic mass is 10.2. The standard InChI is InChI=1S/C11H14N4/c1-9-4-2-3-5-11(9)15-10(6-7-12)8-13-14-15/h2-5,8H,6-7,12H2,1H3. The average molecular weight is 202 g/mol. The number of nitrogens with zero attached hydrogens (tertiary/aromatic N) is 3. The Morgan fingerprint density at radius 2 is 2.13 bits per heavy atom. The highest BCUT2D eigenvalue weighted by Crippen LogP contribution is 2.13.